The van der Waals surface area contributed by atoms with Crippen LogP contribution >= 0.6 is 0 Å². The zero-order valence-corrected chi connectivity index (χ0v) is 12.5. The molecular formula is C17H25F2N. The Labute approximate surface area is 120 Å². The molecule has 1 fully saturated rings. The largest absolute Gasteiger partial charge is 0.309 e. The van der Waals surface area contributed by atoms with E-state index in [1.54, 1.807) is 12.1 Å². The Kier molecular flexibility index (Phi) is 5.14. The first kappa shape index (κ1) is 15.4. The maximum atomic E-state index is 14.2. The van der Waals surface area contributed by atoms with Gasteiger partial charge in [-0.1, -0.05) is 45.2 Å². The zero-order valence-electron chi connectivity index (χ0n) is 12.5. The quantitative estimate of drug-likeness (QED) is 0.803. The van der Waals surface area contributed by atoms with Crippen molar-refractivity contribution in [2.45, 2.75) is 58.4 Å². The second-order valence-corrected chi connectivity index (χ2v) is 6.24. The second-order valence-electron chi connectivity index (χ2n) is 6.24. The highest BCUT2D eigenvalue weighted by Gasteiger charge is 2.37. The van der Waals surface area contributed by atoms with Crippen molar-refractivity contribution in [2.75, 3.05) is 6.54 Å². The first-order valence-electron chi connectivity index (χ1n) is 7.76. The van der Waals surface area contributed by atoms with Gasteiger partial charge < -0.3 is 5.32 Å². The van der Waals surface area contributed by atoms with E-state index in [2.05, 4.69) is 19.2 Å². The van der Waals surface area contributed by atoms with Gasteiger partial charge in [0.05, 0.1) is 0 Å². The molecule has 0 spiro atoms. The molecule has 1 atom stereocenters. The van der Waals surface area contributed by atoms with Gasteiger partial charge in [0.1, 0.15) is 0 Å². The van der Waals surface area contributed by atoms with Crippen LogP contribution in [-0.4, -0.2) is 6.54 Å². The number of rotatable bonds is 5. The molecule has 20 heavy (non-hydrogen) atoms. The molecule has 1 unspecified atom stereocenters. The Hall–Kier alpha value is -0.960. The molecule has 3 heteroatoms. The smallest absolute Gasteiger partial charge is 0.163 e. The Bertz CT molecular complexity index is 439. The summed E-state index contributed by atoms with van der Waals surface area (Å²) < 4.78 is 27.7. The summed E-state index contributed by atoms with van der Waals surface area (Å²) in [6.45, 7) is 5.13. The van der Waals surface area contributed by atoms with Gasteiger partial charge in [-0.3, -0.25) is 0 Å². The summed E-state index contributed by atoms with van der Waals surface area (Å²) in [4.78, 5) is 0. The van der Waals surface area contributed by atoms with Crippen molar-refractivity contribution in [2.24, 2.45) is 5.41 Å². The highest BCUT2D eigenvalue weighted by molar-refractivity contribution is 5.25. The molecule has 1 aliphatic carbocycles. The molecule has 1 N–H and O–H groups in total. The topological polar surface area (TPSA) is 12.0 Å². The lowest BCUT2D eigenvalue weighted by atomic mass is 9.68. The molecule has 0 saturated heterocycles. The summed E-state index contributed by atoms with van der Waals surface area (Å²) >= 11 is 0. The van der Waals surface area contributed by atoms with Crippen LogP contribution in [-0.2, 0) is 0 Å². The van der Waals surface area contributed by atoms with Gasteiger partial charge >= 0.3 is 0 Å². The molecule has 0 amide bonds. The van der Waals surface area contributed by atoms with Crippen molar-refractivity contribution in [3.8, 4) is 0 Å². The fourth-order valence-electron chi connectivity index (χ4n) is 3.41. The highest BCUT2D eigenvalue weighted by atomic mass is 19.2. The SMILES string of the molecule is CCCNC(c1cccc(F)c1F)C1(C)CCCCC1. The van der Waals surface area contributed by atoms with Crippen LogP contribution in [0.15, 0.2) is 18.2 Å². The van der Waals surface area contributed by atoms with Crippen LogP contribution in [0.4, 0.5) is 8.78 Å². The third-order valence-electron chi connectivity index (χ3n) is 4.58. The van der Waals surface area contributed by atoms with Gasteiger partial charge in [-0.25, -0.2) is 8.78 Å². The Balaban J connectivity index is 2.33. The van der Waals surface area contributed by atoms with E-state index in [0.717, 1.165) is 25.8 Å². The maximum Gasteiger partial charge on any atom is 0.163 e. The Morgan fingerprint density at radius 2 is 1.90 bits per heavy atom. The first-order valence-corrected chi connectivity index (χ1v) is 7.76. The Morgan fingerprint density at radius 3 is 2.55 bits per heavy atom. The standard InChI is InChI=1S/C17H25F2N/c1-3-12-20-16(17(2)10-5-4-6-11-17)13-8-7-9-14(18)15(13)19/h7-9,16,20H,3-6,10-12H2,1-2H3. The van der Waals surface area contributed by atoms with Gasteiger partial charge in [0.2, 0.25) is 0 Å². The molecule has 2 rings (SSSR count). The Morgan fingerprint density at radius 1 is 1.20 bits per heavy atom. The summed E-state index contributed by atoms with van der Waals surface area (Å²) in [6, 6.07) is 4.43. The monoisotopic (exact) mass is 281 g/mol. The van der Waals surface area contributed by atoms with E-state index >= 15 is 0 Å². The molecule has 1 aromatic carbocycles. The van der Waals surface area contributed by atoms with E-state index in [1.807, 2.05) is 0 Å². The van der Waals surface area contributed by atoms with E-state index in [9.17, 15) is 8.78 Å². The summed E-state index contributed by atoms with van der Waals surface area (Å²) in [5.74, 6) is -1.43. The molecule has 1 saturated carbocycles. The zero-order chi connectivity index (χ0) is 14.6. The fraction of sp³-hybridized carbons (Fsp3) is 0.647. The summed E-state index contributed by atoms with van der Waals surface area (Å²) in [7, 11) is 0. The minimum absolute atomic E-state index is 0.0159. The van der Waals surface area contributed by atoms with Crippen LogP contribution in [0.25, 0.3) is 0 Å². The molecule has 0 heterocycles. The summed E-state index contributed by atoms with van der Waals surface area (Å²) in [5.41, 5.74) is 0.505. The van der Waals surface area contributed by atoms with Gasteiger partial charge in [-0.2, -0.15) is 0 Å². The number of benzene rings is 1. The summed E-state index contributed by atoms with van der Waals surface area (Å²) in [5, 5.41) is 3.46. The normalized spacial score (nSPS) is 19.8. The van der Waals surface area contributed by atoms with E-state index in [0.29, 0.717) is 5.56 Å². The predicted octanol–water partition coefficient (Wildman–Crippen LogP) is 4.98. The third kappa shape index (κ3) is 3.20. The van der Waals surface area contributed by atoms with Crippen molar-refractivity contribution in [3.63, 3.8) is 0 Å². The van der Waals surface area contributed by atoms with Gasteiger partial charge in [-0.15, -0.1) is 0 Å². The molecule has 1 aliphatic rings. The van der Waals surface area contributed by atoms with E-state index < -0.39 is 11.6 Å². The lowest BCUT2D eigenvalue weighted by Gasteiger charge is -2.41. The van der Waals surface area contributed by atoms with E-state index in [-0.39, 0.29) is 11.5 Å². The highest BCUT2D eigenvalue weighted by Crippen LogP contribution is 2.46. The predicted molar refractivity (Wildman–Crippen MR) is 78.6 cm³/mol. The third-order valence-corrected chi connectivity index (χ3v) is 4.58. The minimum Gasteiger partial charge on any atom is -0.309 e. The van der Waals surface area contributed by atoms with Gasteiger partial charge in [0.15, 0.2) is 11.6 Å². The first-order chi connectivity index (χ1) is 9.58. The lowest BCUT2D eigenvalue weighted by molar-refractivity contribution is 0.141. The van der Waals surface area contributed by atoms with E-state index in [4.69, 9.17) is 0 Å². The average molecular weight is 281 g/mol. The number of halogens is 2. The minimum atomic E-state index is -0.745. The van der Waals surface area contributed by atoms with Crippen molar-refractivity contribution >= 4 is 0 Å². The van der Waals surface area contributed by atoms with Gasteiger partial charge in [-0.05, 0) is 37.3 Å². The molecular weight excluding hydrogens is 256 g/mol. The molecule has 112 valence electrons. The van der Waals surface area contributed by atoms with Crippen LogP contribution in [0.1, 0.15) is 64.0 Å². The molecule has 1 aromatic rings. The molecule has 0 aliphatic heterocycles. The molecule has 0 aromatic heterocycles. The summed E-state index contributed by atoms with van der Waals surface area (Å²) in [6.07, 6.45) is 6.75. The number of hydrogen-bond donors (Lipinski definition) is 1. The second kappa shape index (κ2) is 6.66. The molecule has 1 nitrogen and oxygen atoms in total. The van der Waals surface area contributed by atoms with Crippen molar-refractivity contribution in [3.05, 3.63) is 35.4 Å². The number of hydrogen-bond acceptors (Lipinski definition) is 1. The lowest BCUT2D eigenvalue weighted by Crippen LogP contribution is -2.38. The van der Waals surface area contributed by atoms with Gasteiger partial charge in [0.25, 0.3) is 0 Å². The van der Waals surface area contributed by atoms with Crippen LogP contribution < -0.4 is 5.32 Å². The van der Waals surface area contributed by atoms with Gasteiger partial charge in [0, 0.05) is 11.6 Å². The van der Waals surface area contributed by atoms with Crippen molar-refractivity contribution in [1.29, 1.82) is 0 Å². The molecule has 0 radical (unpaired) electrons. The van der Waals surface area contributed by atoms with Crippen molar-refractivity contribution < 1.29 is 8.78 Å². The van der Waals surface area contributed by atoms with E-state index in [1.165, 1.54) is 25.3 Å². The average Bonchev–Trinajstić information content (AvgIpc) is 2.44. The van der Waals surface area contributed by atoms with Crippen molar-refractivity contribution in [1.82, 2.24) is 5.32 Å². The fourth-order valence-corrected chi connectivity index (χ4v) is 3.41. The van der Waals surface area contributed by atoms with Crippen LogP contribution in [0.5, 0.6) is 0 Å². The van der Waals surface area contributed by atoms with Crippen LogP contribution in [0.2, 0.25) is 0 Å². The number of nitrogens with one attached hydrogen (secondary N) is 1. The van der Waals surface area contributed by atoms with Crippen LogP contribution in [0.3, 0.4) is 0 Å². The maximum absolute atomic E-state index is 14.2. The molecule has 0 bridgehead atoms. The van der Waals surface area contributed by atoms with Crippen LogP contribution in [0, 0.1) is 17.0 Å².